The molecule has 0 aliphatic heterocycles. The van der Waals surface area contributed by atoms with E-state index in [4.69, 9.17) is 5.73 Å². The van der Waals surface area contributed by atoms with Gasteiger partial charge in [0.15, 0.2) is 5.78 Å². The zero-order valence-corrected chi connectivity index (χ0v) is 9.71. The Balaban J connectivity index is 2.47. The van der Waals surface area contributed by atoms with E-state index in [1.54, 1.807) is 6.92 Å². The molecule has 0 spiro atoms. The lowest BCUT2D eigenvalue weighted by Crippen LogP contribution is -2.08. The van der Waals surface area contributed by atoms with Gasteiger partial charge in [-0.15, -0.1) is 0 Å². The van der Waals surface area contributed by atoms with Gasteiger partial charge in [0.1, 0.15) is 0 Å². The minimum Gasteiger partial charge on any atom is -0.401 e. The van der Waals surface area contributed by atoms with Gasteiger partial charge in [-0.3, -0.25) is 4.79 Å². The summed E-state index contributed by atoms with van der Waals surface area (Å²) in [6.45, 7) is 1.72. The third kappa shape index (κ3) is 2.12. The molecule has 1 atom stereocenters. The van der Waals surface area contributed by atoms with Crippen molar-refractivity contribution in [1.82, 2.24) is 0 Å². The number of halogens is 3. The normalized spacial score (nSPS) is 20.7. The van der Waals surface area contributed by atoms with Crippen LogP contribution in [0.2, 0.25) is 0 Å². The maximum atomic E-state index is 12.6. The van der Waals surface area contributed by atoms with Crippen LogP contribution in [0.5, 0.6) is 0 Å². The van der Waals surface area contributed by atoms with Gasteiger partial charge in [0, 0.05) is 17.2 Å². The Bertz CT molecular complexity index is 531. The minimum absolute atomic E-state index is 0.188. The van der Waals surface area contributed by atoms with E-state index in [2.05, 4.69) is 0 Å². The number of carbonyl (C=O) groups excluding carboxylic acids is 1. The first-order chi connectivity index (χ1) is 8.30. The van der Waals surface area contributed by atoms with Gasteiger partial charge in [-0.25, -0.2) is 0 Å². The Hall–Kier alpha value is -1.78. The predicted molar refractivity (Wildman–Crippen MR) is 61.3 cm³/mol. The van der Waals surface area contributed by atoms with E-state index < -0.39 is 11.7 Å². The fourth-order valence-corrected chi connectivity index (χ4v) is 2.11. The molecule has 0 saturated heterocycles. The number of nitrogens with two attached hydrogens (primary N) is 1. The highest BCUT2D eigenvalue weighted by molar-refractivity contribution is 6.24. The number of rotatable bonds is 1. The van der Waals surface area contributed by atoms with Crippen LogP contribution >= 0.6 is 0 Å². The standard InChI is InChI=1S/C13H12F3NO/c1-7-5-10(17)11(12(7)18)8-3-2-4-9(6-8)13(14,15)16/h2-4,6-7H,5,17H2,1H3. The van der Waals surface area contributed by atoms with Gasteiger partial charge in [-0.05, 0) is 24.1 Å². The van der Waals surface area contributed by atoms with Crippen LogP contribution in [-0.2, 0) is 11.0 Å². The van der Waals surface area contributed by atoms with Gasteiger partial charge in [0.2, 0.25) is 0 Å². The third-order valence-electron chi connectivity index (χ3n) is 3.02. The molecule has 1 aliphatic rings. The highest BCUT2D eigenvalue weighted by Crippen LogP contribution is 2.35. The van der Waals surface area contributed by atoms with Crippen LogP contribution in [0.1, 0.15) is 24.5 Å². The van der Waals surface area contributed by atoms with E-state index in [9.17, 15) is 18.0 Å². The van der Waals surface area contributed by atoms with Crippen molar-refractivity contribution in [3.8, 4) is 0 Å². The van der Waals surface area contributed by atoms with Crippen LogP contribution in [-0.4, -0.2) is 5.78 Å². The average Bonchev–Trinajstić information content (AvgIpc) is 2.52. The first-order valence-electron chi connectivity index (χ1n) is 5.51. The highest BCUT2D eigenvalue weighted by atomic mass is 19.4. The van der Waals surface area contributed by atoms with Gasteiger partial charge in [0.25, 0.3) is 0 Å². The number of ketones is 1. The molecule has 1 unspecified atom stereocenters. The molecular weight excluding hydrogens is 243 g/mol. The average molecular weight is 255 g/mol. The van der Waals surface area contributed by atoms with Gasteiger partial charge in [-0.2, -0.15) is 13.2 Å². The van der Waals surface area contributed by atoms with Crippen LogP contribution in [0, 0.1) is 5.92 Å². The van der Waals surface area contributed by atoms with Crippen LogP contribution in [0.4, 0.5) is 13.2 Å². The largest absolute Gasteiger partial charge is 0.416 e. The van der Waals surface area contributed by atoms with E-state index in [0.29, 0.717) is 12.1 Å². The molecule has 1 aromatic rings. The molecule has 0 amide bonds. The molecule has 0 bridgehead atoms. The molecule has 0 radical (unpaired) electrons. The minimum atomic E-state index is -4.42. The van der Waals surface area contributed by atoms with Gasteiger partial charge in [0.05, 0.1) is 5.56 Å². The summed E-state index contributed by atoms with van der Waals surface area (Å²) in [7, 11) is 0. The maximum Gasteiger partial charge on any atom is 0.416 e. The Labute approximate surface area is 102 Å². The Morgan fingerprint density at radius 3 is 2.50 bits per heavy atom. The lowest BCUT2D eigenvalue weighted by Gasteiger charge is -2.09. The molecule has 96 valence electrons. The molecule has 1 aromatic carbocycles. The zero-order valence-electron chi connectivity index (χ0n) is 9.71. The maximum absolute atomic E-state index is 12.6. The Morgan fingerprint density at radius 2 is 2.00 bits per heavy atom. The van der Waals surface area contributed by atoms with E-state index in [-0.39, 0.29) is 22.8 Å². The molecule has 0 heterocycles. The highest BCUT2D eigenvalue weighted by Gasteiger charge is 2.33. The molecule has 1 aliphatic carbocycles. The molecule has 2 N–H and O–H groups in total. The van der Waals surface area contributed by atoms with Crippen molar-refractivity contribution in [3.63, 3.8) is 0 Å². The van der Waals surface area contributed by atoms with Crippen molar-refractivity contribution in [1.29, 1.82) is 0 Å². The van der Waals surface area contributed by atoms with Crippen molar-refractivity contribution < 1.29 is 18.0 Å². The number of hydrogen-bond acceptors (Lipinski definition) is 2. The second-order valence-corrected chi connectivity index (χ2v) is 4.45. The van der Waals surface area contributed by atoms with E-state index >= 15 is 0 Å². The van der Waals surface area contributed by atoms with E-state index in [1.165, 1.54) is 12.1 Å². The van der Waals surface area contributed by atoms with Gasteiger partial charge in [-0.1, -0.05) is 19.1 Å². The van der Waals surface area contributed by atoms with Crippen LogP contribution < -0.4 is 5.73 Å². The monoisotopic (exact) mass is 255 g/mol. The smallest absolute Gasteiger partial charge is 0.401 e. The van der Waals surface area contributed by atoms with Crippen molar-refractivity contribution in [2.45, 2.75) is 19.5 Å². The number of allylic oxidation sites excluding steroid dienone is 2. The van der Waals surface area contributed by atoms with Gasteiger partial charge < -0.3 is 5.73 Å². The van der Waals surface area contributed by atoms with Crippen molar-refractivity contribution >= 4 is 11.4 Å². The fraction of sp³-hybridized carbons (Fsp3) is 0.308. The topological polar surface area (TPSA) is 43.1 Å². The van der Waals surface area contributed by atoms with Gasteiger partial charge >= 0.3 is 6.18 Å². The first kappa shape index (κ1) is 12.7. The molecule has 18 heavy (non-hydrogen) atoms. The molecule has 0 fully saturated rings. The summed E-state index contributed by atoms with van der Waals surface area (Å²) in [5.41, 5.74) is 5.80. The van der Waals surface area contributed by atoms with E-state index in [1.807, 2.05) is 0 Å². The summed E-state index contributed by atoms with van der Waals surface area (Å²) in [4.78, 5) is 11.9. The predicted octanol–water partition coefficient (Wildman–Crippen LogP) is 2.98. The van der Waals surface area contributed by atoms with Crippen LogP contribution in [0.25, 0.3) is 5.57 Å². The SMILES string of the molecule is CC1CC(N)=C(c2cccc(C(F)(F)F)c2)C1=O. The second-order valence-electron chi connectivity index (χ2n) is 4.45. The number of alkyl halides is 3. The van der Waals surface area contributed by atoms with Crippen LogP contribution in [0.15, 0.2) is 30.0 Å². The summed E-state index contributed by atoms with van der Waals surface area (Å²) >= 11 is 0. The first-order valence-corrected chi connectivity index (χ1v) is 5.51. The number of carbonyl (C=O) groups is 1. The summed E-state index contributed by atoms with van der Waals surface area (Å²) in [5.74, 6) is -0.443. The van der Waals surface area contributed by atoms with Crippen LogP contribution in [0.3, 0.4) is 0 Å². The quantitative estimate of drug-likeness (QED) is 0.838. The summed E-state index contributed by atoms with van der Waals surface area (Å²) in [6, 6.07) is 4.71. The molecule has 2 nitrogen and oxygen atoms in total. The number of benzene rings is 1. The summed E-state index contributed by atoms with van der Waals surface area (Å²) < 4.78 is 37.8. The summed E-state index contributed by atoms with van der Waals surface area (Å²) in [5, 5.41) is 0. The third-order valence-corrected chi connectivity index (χ3v) is 3.02. The van der Waals surface area contributed by atoms with E-state index in [0.717, 1.165) is 12.1 Å². The fourth-order valence-electron chi connectivity index (χ4n) is 2.11. The molecule has 0 aromatic heterocycles. The van der Waals surface area contributed by atoms with Crippen molar-refractivity contribution in [2.24, 2.45) is 11.7 Å². The Kier molecular flexibility index (Phi) is 2.92. The second kappa shape index (κ2) is 4.15. The van der Waals surface area contributed by atoms with Crippen molar-refractivity contribution in [2.75, 3.05) is 0 Å². The lowest BCUT2D eigenvalue weighted by molar-refractivity contribution is -0.137. The molecule has 5 heteroatoms. The molecular formula is C13H12F3NO. The number of Topliss-reactive ketones (excluding diaryl/α,β-unsaturated/α-hetero) is 1. The molecule has 0 saturated carbocycles. The lowest BCUT2D eigenvalue weighted by atomic mass is 9.98. The Morgan fingerprint density at radius 1 is 1.33 bits per heavy atom. The molecule has 2 rings (SSSR count). The summed E-state index contributed by atoms with van der Waals surface area (Å²) in [6.07, 6.45) is -4.01. The number of hydrogen-bond donors (Lipinski definition) is 1. The zero-order chi connectivity index (χ0) is 13.5. The van der Waals surface area contributed by atoms with Crippen molar-refractivity contribution in [3.05, 3.63) is 41.1 Å².